The zero-order valence-electron chi connectivity index (χ0n) is 16.8. The van der Waals surface area contributed by atoms with Crippen LogP contribution in [0.4, 0.5) is 17.2 Å². The number of pyridine rings is 1. The first-order valence-corrected chi connectivity index (χ1v) is 10.7. The number of hydrogen-bond donors (Lipinski definition) is 2. The smallest absolute Gasteiger partial charge is 0.273 e. The maximum absolute atomic E-state index is 12.4. The number of anilines is 2. The molecule has 4 bridgehead atoms. The van der Waals surface area contributed by atoms with Crippen LogP contribution < -0.4 is 10.6 Å². The monoisotopic (exact) mass is 406 g/mol. The van der Waals surface area contributed by atoms with Crippen molar-refractivity contribution >= 4 is 23.1 Å². The molecule has 1 amide bonds. The van der Waals surface area contributed by atoms with Crippen LogP contribution in [-0.2, 0) is 11.2 Å². The average molecular weight is 406 g/mol. The maximum Gasteiger partial charge on any atom is 0.273 e. The summed E-state index contributed by atoms with van der Waals surface area (Å²) in [6.07, 6.45) is 9.54. The summed E-state index contributed by atoms with van der Waals surface area (Å²) in [4.78, 5) is 27.5. The highest BCUT2D eigenvalue weighted by Crippen LogP contribution is 2.56. The number of nitro groups is 1. The molecule has 0 saturated heterocycles. The molecule has 0 aliphatic heterocycles. The van der Waals surface area contributed by atoms with E-state index in [1.165, 1.54) is 44.6 Å². The second kappa shape index (κ2) is 7.38. The van der Waals surface area contributed by atoms with Gasteiger partial charge >= 0.3 is 0 Å². The van der Waals surface area contributed by atoms with Gasteiger partial charge in [-0.25, -0.2) is 4.98 Å². The molecule has 1 aromatic heterocycles. The molecule has 2 aromatic rings. The number of amides is 1. The molecule has 7 nitrogen and oxygen atoms in total. The standard InChI is InChI=1S/C23H26N4O3/c28-22(10-18-3-1-2-4-20(18)27(29)30)25-19-5-6-21(24-14-19)26-23-11-15-7-16(12-23)9-17(8-15)13-23/h1-6,14-17H,7-13H2,(H,24,26)(H,25,28). The molecule has 4 saturated carbocycles. The lowest BCUT2D eigenvalue weighted by Crippen LogP contribution is -2.54. The van der Waals surface area contributed by atoms with E-state index >= 15 is 0 Å². The van der Waals surface area contributed by atoms with Crippen molar-refractivity contribution in [2.75, 3.05) is 10.6 Å². The van der Waals surface area contributed by atoms with Crippen LogP contribution in [0.2, 0.25) is 0 Å². The third kappa shape index (κ3) is 3.76. The van der Waals surface area contributed by atoms with Gasteiger partial charge in [-0.15, -0.1) is 0 Å². The highest BCUT2D eigenvalue weighted by atomic mass is 16.6. The highest BCUT2D eigenvalue weighted by molar-refractivity contribution is 5.92. The van der Waals surface area contributed by atoms with E-state index in [1.807, 2.05) is 12.1 Å². The van der Waals surface area contributed by atoms with Gasteiger partial charge in [0.25, 0.3) is 5.69 Å². The first-order valence-electron chi connectivity index (χ1n) is 10.7. The summed E-state index contributed by atoms with van der Waals surface area (Å²) < 4.78 is 0. The second-order valence-corrected chi connectivity index (χ2v) is 9.37. The molecule has 0 unspecified atom stereocenters. The summed E-state index contributed by atoms with van der Waals surface area (Å²) in [5.41, 5.74) is 1.14. The molecular weight excluding hydrogens is 380 g/mol. The van der Waals surface area contributed by atoms with Crippen LogP contribution in [0, 0.1) is 27.9 Å². The second-order valence-electron chi connectivity index (χ2n) is 9.37. The number of benzene rings is 1. The summed E-state index contributed by atoms with van der Waals surface area (Å²) in [5.74, 6) is 3.15. The van der Waals surface area contributed by atoms with E-state index in [1.54, 1.807) is 24.4 Å². The molecule has 30 heavy (non-hydrogen) atoms. The van der Waals surface area contributed by atoms with Gasteiger partial charge in [-0.1, -0.05) is 18.2 Å². The van der Waals surface area contributed by atoms with Crippen molar-refractivity contribution in [1.29, 1.82) is 0 Å². The van der Waals surface area contributed by atoms with Crippen molar-refractivity contribution < 1.29 is 9.72 Å². The molecule has 4 aliphatic rings. The van der Waals surface area contributed by atoms with E-state index in [0.717, 1.165) is 23.6 Å². The Morgan fingerprint density at radius 3 is 2.33 bits per heavy atom. The van der Waals surface area contributed by atoms with Crippen LogP contribution in [0.5, 0.6) is 0 Å². The summed E-state index contributed by atoms with van der Waals surface area (Å²) in [6.45, 7) is 0. The van der Waals surface area contributed by atoms with Gasteiger partial charge in [0.1, 0.15) is 5.82 Å². The molecule has 4 fully saturated rings. The van der Waals surface area contributed by atoms with Crippen LogP contribution in [0.25, 0.3) is 0 Å². The van der Waals surface area contributed by atoms with Gasteiger partial charge in [0.05, 0.1) is 23.2 Å². The molecule has 0 spiro atoms. The number of rotatable bonds is 6. The van der Waals surface area contributed by atoms with Crippen molar-refractivity contribution in [3.63, 3.8) is 0 Å². The average Bonchev–Trinajstić information content (AvgIpc) is 2.68. The Bertz CT molecular complexity index is 937. The number of carbonyl (C=O) groups excluding carboxylic acids is 1. The molecule has 1 heterocycles. The fraction of sp³-hybridized carbons (Fsp3) is 0.478. The predicted octanol–water partition coefficient (Wildman–Crippen LogP) is 4.55. The molecule has 1 aromatic carbocycles. The molecule has 0 atom stereocenters. The van der Waals surface area contributed by atoms with Crippen LogP contribution in [0.3, 0.4) is 0 Å². The van der Waals surface area contributed by atoms with Crippen LogP contribution >= 0.6 is 0 Å². The fourth-order valence-corrected chi connectivity index (χ4v) is 6.29. The van der Waals surface area contributed by atoms with Gasteiger partial charge in [0.15, 0.2) is 0 Å². The number of nitrogens with one attached hydrogen (secondary N) is 2. The van der Waals surface area contributed by atoms with E-state index in [-0.39, 0.29) is 23.6 Å². The Morgan fingerprint density at radius 1 is 1.07 bits per heavy atom. The Balaban J connectivity index is 1.22. The molecule has 6 rings (SSSR count). The first-order chi connectivity index (χ1) is 14.5. The molecule has 156 valence electrons. The minimum Gasteiger partial charge on any atom is -0.365 e. The fourth-order valence-electron chi connectivity index (χ4n) is 6.29. The largest absolute Gasteiger partial charge is 0.365 e. The van der Waals surface area contributed by atoms with E-state index in [2.05, 4.69) is 15.6 Å². The number of para-hydroxylation sites is 1. The van der Waals surface area contributed by atoms with Crippen molar-refractivity contribution in [3.8, 4) is 0 Å². The Labute approximate surface area is 175 Å². The SMILES string of the molecule is O=C(Cc1ccccc1[N+](=O)[O-])Nc1ccc(NC23CC4CC(CC(C4)C2)C3)nc1. The summed E-state index contributed by atoms with van der Waals surface area (Å²) in [5, 5.41) is 17.6. The summed E-state index contributed by atoms with van der Waals surface area (Å²) >= 11 is 0. The zero-order valence-corrected chi connectivity index (χ0v) is 16.8. The number of nitrogens with zero attached hydrogens (tertiary/aromatic N) is 2. The van der Waals surface area contributed by atoms with E-state index < -0.39 is 4.92 Å². The van der Waals surface area contributed by atoms with Crippen molar-refractivity contribution in [2.45, 2.75) is 50.5 Å². The third-order valence-corrected chi connectivity index (χ3v) is 7.02. The summed E-state index contributed by atoms with van der Waals surface area (Å²) in [7, 11) is 0. The minimum absolute atomic E-state index is 0.0408. The van der Waals surface area contributed by atoms with E-state index in [0.29, 0.717) is 11.3 Å². The topological polar surface area (TPSA) is 97.2 Å². The van der Waals surface area contributed by atoms with Gasteiger partial charge in [0.2, 0.25) is 5.91 Å². The molecular formula is C23H26N4O3. The number of hydrogen-bond acceptors (Lipinski definition) is 5. The van der Waals surface area contributed by atoms with Crippen molar-refractivity contribution in [2.24, 2.45) is 17.8 Å². The predicted molar refractivity (Wildman–Crippen MR) is 114 cm³/mol. The lowest BCUT2D eigenvalue weighted by Gasteiger charge is -2.57. The highest BCUT2D eigenvalue weighted by Gasteiger charge is 2.51. The zero-order chi connectivity index (χ0) is 20.7. The maximum atomic E-state index is 12.4. The molecule has 2 N–H and O–H groups in total. The van der Waals surface area contributed by atoms with Gasteiger partial charge in [0, 0.05) is 17.2 Å². The van der Waals surface area contributed by atoms with Crippen molar-refractivity contribution in [1.82, 2.24) is 4.98 Å². The van der Waals surface area contributed by atoms with Gasteiger partial charge < -0.3 is 10.6 Å². The Kier molecular flexibility index (Phi) is 4.68. The van der Waals surface area contributed by atoms with Crippen LogP contribution in [-0.4, -0.2) is 21.4 Å². The minimum atomic E-state index is -0.463. The quantitative estimate of drug-likeness (QED) is 0.542. The lowest BCUT2D eigenvalue weighted by atomic mass is 9.53. The molecule has 0 radical (unpaired) electrons. The number of carbonyl (C=O) groups is 1. The van der Waals surface area contributed by atoms with E-state index in [4.69, 9.17) is 0 Å². The normalized spacial score (nSPS) is 28.9. The Morgan fingerprint density at radius 2 is 1.73 bits per heavy atom. The van der Waals surface area contributed by atoms with Crippen molar-refractivity contribution in [3.05, 3.63) is 58.3 Å². The van der Waals surface area contributed by atoms with E-state index in [9.17, 15) is 14.9 Å². The van der Waals surface area contributed by atoms with Crippen LogP contribution in [0.1, 0.15) is 44.1 Å². The molecule has 4 aliphatic carbocycles. The number of nitro benzene ring substituents is 1. The van der Waals surface area contributed by atoms with Gasteiger partial charge in [-0.3, -0.25) is 14.9 Å². The summed E-state index contributed by atoms with van der Waals surface area (Å²) in [6, 6.07) is 10.1. The van der Waals surface area contributed by atoms with Crippen LogP contribution in [0.15, 0.2) is 42.6 Å². The number of aromatic nitrogens is 1. The van der Waals surface area contributed by atoms with Gasteiger partial charge in [-0.2, -0.15) is 0 Å². The lowest BCUT2D eigenvalue weighted by molar-refractivity contribution is -0.385. The van der Waals surface area contributed by atoms with Gasteiger partial charge in [-0.05, 0) is 68.4 Å². The molecule has 7 heteroatoms. The first kappa shape index (κ1) is 19.0. The third-order valence-electron chi connectivity index (χ3n) is 7.02. The Hall–Kier alpha value is -2.96.